The molecule has 0 aromatic carbocycles. The highest BCUT2D eigenvalue weighted by Gasteiger charge is 2.24. The van der Waals surface area contributed by atoms with Crippen molar-refractivity contribution in [1.29, 1.82) is 0 Å². The van der Waals surface area contributed by atoms with Crippen molar-refractivity contribution < 1.29 is 4.52 Å². The number of nitrogens with two attached hydrogens (primary N) is 1. The largest absolute Gasteiger partial charge is 0.339 e. The Morgan fingerprint density at radius 3 is 3.06 bits per heavy atom. The van der Waals surface area contributed by atoms with Crippen LogP contribution in [0.15, 0.2) is 10.7 Å². The van der Waals surface area contributed by atoms with E-state index in [9.17, 15) is 0 Å². The minimum absolute atomic E-state index is 0.251. The van der Waals surface area contributed by atoms with Crippen LogP contribution in [0.1, 0.15) is 31.6 Å². The number of nitrogens with one attached hydrogen (secondary N) is 1. The molecule has 96 valence electrons. The third kappa shape index (κ3) is 2.26. The molecule has 2 aromatic heterocycles. The van der Waals surface area contributed by atoms with Crippen molar-refractivity contribution in [1.82, 2.24) is 25.6 Å². The highest BCUT2D eigenvalue weighted by molar-refractivity contribution is 5.44. The van der Waals surface area contributed by atoms with Gasteiger partial charge >= 0.3 is 0 Å². The molecule has 18 heavy (non-hydrogen) atoms. The molecule has 2 unspecified atom stereocenters. The maximum atomic E-state index is 6.11. The van der Waals surface area contributed by atoms with Gasteiger partial charge in [0.15, 0.2) is 5.69 Å². The maximum absolute atomic E-state index is 6.11. The van der Waals surface area contributed by atoms with Crippen molar-refractivity contribution in [3.05, 3.63) is 12.1 Å². The molecular weight excluding hydrogens is 232 g/mol. The summed E-state index contributed by atoms with van der Waals surface area (Å²) < 4.78 is 5.24. The average Bonchev–Trinajstić information content (AvgIpc) is 3.02. The zero-order chi connectivity index (χ0) is 12.4. The molecule has 1 aliphatic rings. The lowest BCUT2D eigenvalue weighted by Gasteiger charge is -2.27. The fourth-order valence-corrected chi connectivity index (χ4v) is 2.47. The first kappa shape index (κ1) is 11.3. The number of nitrogens with zero attached hydrogens (tertiary/aromatic N) is 4. The van der Waals surface area contributed by atoms with Gasteiger partial charge in [0.1, 0.15) is 0 Å². The molecule has 3 rings (SSSR count). The van der Waals surface area contributed by atoms with Gasteiger partial charge in [-0.15, -0.1) is 0 Å². The molecule has 2 heterocycles. The standard InChI is InChI=1S/C11H16N6O/c12-8-4-2-1-3-7(8)5-10-14-11(16-18-10)9-6-13-17-15-9/h6-8H,1-5,12H2,(H,13,15,17). The summed E-state index contributed by atoms with van der Waals surface area (Å²) >= 11 is 0. The first-order chi connectivity index (χ1) is 8.83. The second kappa shape index (κ2) is 4.85. The summed E-state index contributed by atoms with van der Waals surface area (Å²) in [4.78, 5) is 4.33. The van der Waals surface area contributed by atoms with Crippen molar-refractivity contribution in [2.75, 3.05) is 0 Å². The zero-order valence-corrected chi connectivity index (χ0v) is 10.0. The van der Waals surface area contributed by atoms with E-state index in [0.717, 1.165) is 19.3 Å². The molecule has 2 aromatic rings. The molecule has 0 amide bonds. The Morgan fingerprint density at radius 2 is 2.28 bits per heavy atom. The van der Waals surface area contributed by atoms with E-state index in [4.69, 9.17) is 10.3 Å². The van der Waals surface area contributed by atoms with Gasteiger partial charge in [-0.2, -0.15) is 20.4 Å². The van der Waals surface area contributed by atoms with Crippen LogP contribution in [0.5, 0.6) is 0 Å². The van der Waals surface area contributed by atoms with E-state index in [1.165, 1.54) is 12.8 Å². The Kier molecular flexibility index (Phi) is 3.06. The lowest BCUT2D eigenvalue weighted by atomic mass is 9.83. The van der Waals surface area contributed by atoms with E-state index < -0.39 is 0 Å². The second-order valence-corrected chi connectivity index (χ2v) is 4.78. The number of aromatic amines is 1. The average molecular weight is 248 g/mol. The maximum Gasteiger partial charge on any atom is 0.227 e. The molecule has 0 spiro atoms. The van der Waals surface area contributed by atoms with E-state index in [1.807, 2.05) is 0 Å². The summed E-state index contributed by atoms with van der Waals surface area (Å²) in [5, 5.41) is 14.1. The van der Waals surface area contributed by atoms with Gasteiger partial charge in [-0.3, -0.25) is 0 Å². The minimum atomic E-state index is 0.251. The molecule has 7 heteroatoms. The van der Waals surface area contributed by atoms with Crippen molar-refractivity contribution in [2.45, 2.75) is 38.1 Å². The number of rotatable bonds is 3. The quantitative estimate of drug-likeness (QED) is 0.836. The van der Waals surface area contributed by atoms with Gasteiger partial charge in [-0.05, 0) is 18.8 Å². The Bertz CT molecular complexity index is 493. The molecule has 0 bridgehead atoms. The molecule has 1 fully saturated rings. The van der Waals surface area contributed by atoms with Crippen LogP contribution in [0, 0.1) is 5.92 Å². The van der Waals surface area contributed by atoms with E-state index in [1.54, 1.807) is 6.20 Å². The van der Waals surface area contributed by atoms with Crippen molar-refractivity contribution in [3.8, 4) is 11.5 Å². The number of aromatic nitrogens is 5. The fraction of sp³-hybridized carbons (Fsp3) is 0.636. The van der Waals surface area contributed by atoms with Gasteiger partial charge < -0.3 is 10.3 Å². The highest BCUT2D eigenvalue weighted by atomic mass is 16.5. The molecule has 7 nitrogen and oxygen atoms in total. The van der Waals surface area contributed by atoms with Crippen molar-refractivity contribution >= 4 is 0 Å². The lowest BCUT2D eigenvalue weighted by Crippen LogP contribution is -2.34. The van der Waals surface area contributed by atoms with Gasteiger partial charge in [-0.1, -0.05) is 18.0 Å². The van der Waals surface area contributed by atoms with Gasteiger partial charge in [-0.25, -0.2) is 0 Å². The number of hydrogen-bond donors (Lipinski definition) is 2. The summed E-state index contributed by atoms with van der Waals surface area (Å²) in [6.45, 7) is 0. The van der Waals surface area contributed by atoms with Crippen LogP contribution < -0.4 is 5.73 Å². The molecule has 0 radical (unpaired) electrons. The number of H-pyrrole nitrogens is 1. The van der Waals surface area contributed by atoms with Crippen LogP contribution in [0.4, 0.5) is 0 Å². The zero-order valence-electron chi connectivity index (χ0n) is 10.0. The summed E-state index contributed by atoms with van der Waals surface area (Å²) in [7, 11) is 0. The van der Waals surface area contributed by atoms with Crippen molar-refractivity contribution in [2.24, 2.45) is 11.7 Å². The van der Waals surface area contributed by atoms with Crippen LogP contribution in [-0.4, -0.2) is 31.6 Å². The summed E-state index contributed by atoms with van der Waals surface area (Å²) in [6, 6.07) is 0.251. The Morgan fingerprint density at radius 1 is 1.39 bits per heavy atom. The van der Waals surface area contributed by atoms with Crippen LogP contribution in [0.3, 0.4) is 0 Å². The first-order valence-electron chi connectivity index (χ1n) is 6.27. The summed E-state index contributed by atoms with van der Waals surface area (Å²) in [5.41, 5.74) is 6.71. The monoisotopic (exact) mass is 248 g/mol. The topological polar surface area (TPSA) is 107 Å². The lowest BCUT2D eigenvalue weighted by molar-refractivity contribution is 0.273. The van der Waals surface area contributed by atoms with Crippen molar-refractivity contribution in [3.63, 3.8) is 0 Å². The normalized spacial score (nSPS) is 24.3. The first-order valence-corrected chi connectivity index (χ1v) is 6.27. The van der Waals surface area contributed by atoms with E-state index >= 15 is 0 Å². The van der Waals surface area contributed by atoms with Crippen LogP contribution in [-0.2, 0) is 6.42 Å². The highest BCUT2D eigenvalue weighted by Crippen LogP contribution is 2.26. The Labute approximate surface area is 104 Å². The van der Waals surface area contributed by atoms with Gasteiger partial charge in [0.05, 0.1) is 6.20 Å². The Hall–Kier alpha value is -1.76. The minimum Gasteiger partial charge on any atom is -0.339 e. The molecule has 3 N–H and O–H groups in total. The number of hydrogen-bond acceptors (Lipinski definition) is 6. The molecule has 2 atom stereocenters. The Balaban J connectivity index is 1.70. The van der Waals surface area contributed by atoms with E-state index in [2.05, 4.69) is 25.6 Å². The third-order valence-electron chi connectivity index (χ3n) is 3.52. The van der Waals surface area contributed by atoms with Crippen LogP contribution >= 0.6 is 0 Å². The predicted molar refractivity (Wildman–Crippen MR) is 63.3 cm³/mol. The summed E-state index contributed by atoms with van der Waals surface area (Å²) in [6.07, 6.45) is 7.03. The SMILES string of the molecule is NC1CCCCC1Cc1nc(-c2cn[nH]n2)no1. The van der Waals surface area contributed by atoms with E-state index in [0.29, 0.717) is 23.3 Å². The van der Waals surface area contributed by atoms with Gasteiger partial charge in [0.25, 0.3) is 0 Å². The van der Waals surface area contributed by atoms with Crippen LogP contribution in [0.2, 0.25) is 0 Å². The fourth-order valence-electron chi connectivity index (χ4n) is 2.47. The molecular formula is C11H16N6O. The molecule has 0 aliphatic heterocycles. The molecule has 0 saturated heterocycles. The van der Waals surface area contributed by atoms with Gasteiger partial charge in [0, 0.05) is 12.5 Å². The smallest absolute Gasteiger partial charge is 0.227 e. The van der Waals surface area contributed by atoms with Gasteiger partial charge in [0.2, 0.25) is 11.7 Å². The van der Waals surface area contributed by atoms with E-state index in [-0.39, 0.29) is 6.04 Å². The third-order valence-corrected chi connectivity index (χ3v) is 3.52. The predicted octanol–water partition coefficient (Wildman–Crippen LogP) is 0.915. The molecule has 1 saturated carbocycles. The second-order valence-electron chi connectivity index (χ2n) is 4.78. The molecule has 1 aliphatic carbocycles. The summed E-state index contributed by atoms with van der Waals surface area (Å²) in [5.74, 6) is 1.56. The van der Waals surface area contributed by atoms with Crippen LogP contribution in [0.25, 0.3) is 11.5 Å².